The highest BCUT2D eigenvalue weighted by molar-refractivity contribution is 6.30. The zero-order chi connectivity index (χ0) is 17.3. The number of nitrogens with zero attached hydrogens (tertiary/aromatic N) is 2. The number of hydrogen-bond acceptors (Lipinski definition) is 4. The predicted octanol–water partition coefficient (Wildman–Crippen LogP) is 5.09. The van der Waals surface area contributed by atoms with E-state index in [2.05, 4.69) is 5.18 Å². The van der Waals surface area contributed by atoms with Crippen LogP contribution in [0, 0.1) is 18.8 Å². The molecule has 6 heteroatoms. The number of aromatic nitrogens is 1. The summed E-state index contributed by atoms with van der Waals surface area (Å²) in [6, 6.07) is 10.8. The maximum absolute atomic E-state index is 11.1. The summed E-state index contributed by atoms with van der Waals surface area (Å²) in [5.41, 5.74) is 2.96. The van der Waals surface area contributed by atoms with Gasteiger partial charge in [-0.1, -0.05) is 23.7 Å². The fourth-order valence-electron chi connectivity index (χ4n) is 2.79. The molecule has 1 N–H and O–H groups in total. The van der Waals surface area contributed by atoms with Crippen LogP contribution in [0.2, 0.25) is 5.02 Å². The fraction of sp³-hybridized carbons (Fsp3) is 0.222. The van der Waals surface area contributed by atoms with Gasteiger partial charge in [0.15, 0.2) is 5.69 Å². The highest BCUT2D eigenvalue weighted by Crippen LogP contribution is 2.40. The molecule has 0 aliphatic carbocycles. The van der Waals surface area contributed by atoms with Crippen molar-refractivity contribution < 1.29 is 9.84 Å². The van der Waals surface area contributed by atoms with Crippen LogP contribution < -0.4 is 4.74 Å². The Morgan fingerprint density at radius 1 is 1.17 bits per heavy atom. The molecule has 5 nitrogen and oxygen atoms in total. The smallest absolute Gasteiger partial charge is 0.222 e. The molecule has 0 spiro atoms. The third kappa shape index (κ3) is 2.83. The second-order valence-electron chi connectivity index (χ2n) is 5.62. The Hall–Kier alpha value is -2.53. The van der Waals surface area contributed by atoms with Gasteiger partial charge in [-0.05, 0) is 54.4 Å². The molecule has 3 rings (SSSR count). The second kappa shape index (κ2) is 6.53. The molecule has 24 heavy (non-hydrogen) atoms. The molecule has 0 radical (unpaired) electrons. The topological polar surface area (TPSA) is 63.8 Å². The van der Waals surface area contributed by atoms with E-state index in [0.29, 0.717) is 29.3 Å². The van der Waals surface area contributed by atoms with Crippen LogP contribution in [0.1, 0.15) is 11.1 Å². The molecule has 3 aromatic rings. The SMILES string of the molecule is Cc1ccc2c(N=O)c(O)n(CCOc3ccc(Cl)cc3)c2c1C. The van der Waals surface area contributed by atoms with Crippen molar-refractivity contribution in [1.29, 1.82) is 0 Å². The Morgan fingerprint density at radius 3 is 2.54 bits per heavy atom. The summed E-state index contributed by atoms with van der Waals surface area (Å²) >= 11 is 5.85. The Bertz CT molecular complexity index is 901. The van der Waals surface area contributed by atoms with Crippen molar-refractivity contribution in [1.82, 2.24) is 4.57 Å². The van der Waals surface area contributed by atoms with Crippen LogP contribution in [-0.4, -0.2) is 16.3 Å². The van der Waals surface area contributed by atoms with E-state index in [4.69, 9.17) is 16.3 Å². The van der Waals surface area contributed by atoms with Gasteiger partial charge in [-0.15, -0.1) is 4.91 Å². The van der Waals surface area contributed by atoms with Crippen LogP contribution in [0.3, 0.4) is 0 Å². The van der Waals surface area contributed by atoms with Gasteiger partial charge in [-0.3, -0.25) is 0 Å². The number of hydrogen-bond donors (Lipinski definition) is 1. The molecule has 0 amide bonds. The highest BCUT2D eigenvalue weighted by Gasteiger charge is 2.19. The van der Waals surface area contributed by atoms with Gasteiger partial charge in [0.05, 0.1) is 12.1 Å². The van der Waals surface area contributed by atoms with Crippen LogP contribution >= 0.6 is 11.6 Å². The molecule has 2 aromatic carbocycles. The Morgan fingerprint density at radius 2 is 1.88 bits per heavy atom. The normalized spacial score (nSPS) is 11.0. The maximum atomic E-state index is 11.1. The number of aromatic hydroxyl groups is 1. The average molecular weight is 345 g/mol. The summed E-state index contributed by atoms with van der Waals surface area (Å²) in [7, 11) is 0. The summed E-state index contributed by atoms with van der Waals surface area (Å²) in [5, 5.41) is 14.6. The predicted molar refractivity (Wildman–Crippen MR) is 95.5 cm³/mol. The molecule has 0 bridgehead atoms. The third-order valence-corrected chi connectivity index (χ3v) is 4.43. The minimum atomic E-state index is -0.131. The first-order valence-corrected chi connectivity index (χ1v) is 7.94. The number of rotatable bonds is 5. The standard InChI is InChI=1S/C18H17ClN2O3/c1-11-3-8-15-16(20-23)18(22)21(17(15)12(11)2)9-10-24-14-6-4-13(19)5-7-14/h3-8,22H,9-10H2,1-2H3. The Balaban J connectivity index is 1.91. The first kappa shape index (κ1) is 16.3. The van der Waals surface area contributed by atoms with E-state index in [-0.39, 0.29) is 11.6 Å². The molecule has 1 heterocycles. The third-order valence-electron chi connectivity index (χ3n) is 4.18. The van der Waals surface area contributed by atoms with Gasteiger partial charge < -0.3 is 14.4 Å². The van der Waals surface area contributed by atoms with Crippen molar-refractivity contribution in [3.05, 3.63) is 57.5 Å². The van der Waals surface area contributed by atoms with Crippen molar-refractivity contribution in [2.24, 2.45) is 5.18 Å². The lowest BCUT2D eigenvalue weighted by Gasteiger charge is -2.11. The molecule has 0 aliphatic heterocycles. The van der Waals surface area contributed by atoms with Crippen LogP contribution in [0.25, 0.3) is 10.9 Å². The van der Waals surface area contributed by atoms with E-state index in [1.807, 2.05) is 26.0 Å². The number of halogens is 1. The van der Waals surface area contributed by atoms with E-state index in [0.717, 1.165) is 16.6 Å². The minimum Gasteiger partial charge on any atom is -0.493 e. The monoisotopic (exact) mass is 344 g/mol. The number of aryl methyl sites for hydroxylation is 2. The zero-order valence-corrected chi connectivity index (χ0v) is 14.2. The van der Waals surface area contributed by atoms with Gasteiger partial charge >= 0.3 is 0 Å². The number of benzene rings is 2. The highest BCUT2D eigenvalue weighted by atomic mass is 35.5. The van der Waals surface area contributed by atoms with Gasteiger partial charge in [0, 0.05) is 10.4 Å². The Kier molecular flexibility index (Phi) is 4.44. The Labute approximate surface area is 144 Å². The molecule has 0 saturated heterocycles. The van der Waals surface area contributed by atoms with Crippen LogP contribution in [0.15, 0.2) is 41.6 Å². The molecule has 0 aliphatic rings. The molecular formula is C18H17ClN2O3. The summed E-state index contributed by atoms with van der Waals surface area (Å²) in [6.07, 6.45) is 0. The van der Waals surface area contributed by atoms with E-state index in [9.17, 15) is 10.0 Å². The van der Waals surface area contributed by atoms with E-state index in [1.54, 1.807) is 28.8 Å². The van der Waals surface area contributed by atoms with Crippen molar-refractivity contribution >= 4 is 28.2 Å². The van der Waals surface area contributed by atoms with Crippen molar-refractivity contribution in [3.63, 3.8) is 0 Å². The lowest BCUT2D eigenvalue weighted by Crippen LogP contribution is -2.08. The largest absolute Gasteiger partial charge is 0.493 e. The number of nitroso groups, excluding NO2 is 1. The molecule has 0 saturated carbocycles. The fourth-order valence-corrected chi connectivity index (χ4v) is 2.91. The molecule has 0 fully saturated rings. The van der Waals surface area contributed by atoms with Crippen LogP contribution in [0.4, 0.5) is 5.69 Å². The summed E-state index contributed by atoms with van der Waals surface area (Å²) in [5.74, 6) is 0.561. The zero-order valence-electron chi connectivity index (χ0n) is 13.4. The molecule has 0 unspecified atom stereocenters. The molecule has 1 aromatic heterocycles. The van der Waals surface area contributed by atoms with Crippen LogP contribution in [-0.2, 0) is 6.54 Å². The lowest BCUT2D eigenvalue weighted by atomic mass is 10.1. The van der Waals surface area contributed by atoms with E-state index in [1.165, 1.54) is 0 Å². The van der Waals surface area contributed by atoms with Gasteiger partial charge in [-0.25, -0.2) is 0 Å². The maximum Gasteiger partial charge on any atom is 0.222 e. The van der Waals surface area contributed by atoms with Gasteiger partial charge in [0.1, 0.15) is 12.4 Å². The van der Waals surface area contributed by atoms with Crippen LogP contribution in [0.5, 0.6) is 11.6 Å². The van der Waals surface area contributed by atoms with Gasteiger partial charge in [0.25, 0.3) is 0 Å². The second-order valence-corrected chi connectivity index (χ2v) is 6.06. The first-order valence-electron chi connectivity index (χ1n) is 7.56. The summed E-state index contributed by atoms with van der Waals surface area (Å²) < 4.78 is 7.35. The average Bonchev–Trinajstić information content (AvgIpc) is 2.85. The quantitative estimate of drug-likeness (QED) is 0.655. The number of ether oxygens (including phenoxy) is 1. The first-order chi connectivity index (χ1) is 11.5. The minimum absolute atomic E-state index is 0.0691. The molecule has 0 atom stereocenters. The van der Waals surface area contributed by atoms with Crippen molar-refractivity contribution in [2.75, 3.05) is 6.61 Å². The number of fused-ring (bicyclic) bond motifs is 1. The van der Waals surface area contributed by atoms with Gasteiger partial charge in [-0.2, -0.15) is 0 Å². The molecular weight excluding hydrogens is 328 g/mol. The van der Waals surface area contributed by atoms with E-state index < -0.39 is 0 Å². The van der Waals surface area contributed by atoms with Crippen molar-refractivity contribution in [3.8, 4) is 11.6 Å². The van der Waals surface area contributed by atoms with Crippen molar-refractivity contribution in [2.45, 2.75) is 20.4 Å². The van der Waals surface area contributed by atoms with Gasteiger partial charge in [0.2, 0.25) is 5.88 Å². The lowest BCUT2D eigenvalue weighted by molar-refractivity contribution is 0.290. The summed E-state index contributed by atoms with van der Waals surface area (Å²) in [6.45, 7) is 4.68. The van der Waals surface area contributed by atoms with E-state index >= 15 is 0 Å². The molecule has 124 valence electrons. The summed E-state index contributed by atoms with van der Waals surface area (Å²) in [4.78, 5) is 11.1.